The molecule has 0 unspecified atom stereocenters. The molecule has 0 aliphatic carbocycles. The Morgan fingerprint density at radius 3 is 2.59 bits per heavy atom. The normalized spacial score (nSPS) is 22.4. The third kappa shape index (κ3) is 5.68. The van der Waals surface area contributed by atoms with E-state index < -0.39 is 0 Å². The average Bonchev–Trinajstić information content (AvgIpc) is 2.73. The van der Waals surface area contributed by atoms with Crippen LogP contribution in [0, 0.1) is 11.3 Å². The first-order valence-corrected chi connectivity index (χ1v) is 9.28. The SMILES string of the molecule is COc1ccc(CO[C@H]2CC[C@H](/C=C/c3ccccc3)O[C@@H]2CC#N)cc1. The first kappa shape index (κ1) is 19.2. The van der Waals surface area contributed by atoms with Gasteiger partial charge in [-0.15, -0.1) is 0 Å². The van der Waals surface area contributed by atoms with Gasteiger partial charge in [0.15, 0.2) is 0 Å². The summed E-state index contributed by atoms with van der Waals surface area (Å²) in [6, 6.07) is 20.2. The van der Waals surface area contributed by atoms with Gasteiger partial charge in [-0.2, -0.15) is 5.26 Å². The van der Waals surface area contributed by atoms with Crippen LogP contribution in [0.4, 0.5) is 0 Å². The van der Waals surface area contributed by atoms with Crippen molar-refractivity contribution in [2.24, 2.45) is 0 Å². The van der Waals surface area contributed by atoms with Gasteiger partial charge in [-0.1, -0.05) is 54.6 Å². The van der Waals surface area contributed by atoms with Gasteiger partial charge in [0, 0.05) is 0 Å². The molecule has 0 saturated carbocycles. The molecule has 0 N–H and O–H groups in total. The van der Waals surface area contributed by atoms with E-state index in [1.807, 2.05) is 42.5 Å². The highest BCUT2D eigenvalue weighted by atomic mass is 16.5. The van der Waals surface area contributed by atoms with Gasteiger partial charge < -0.3 is 14.2 Å². The van der Waals surface area contributed by atoms with E-state index in [0.717, 1.165) is 29.7 Å². The van der Waals surface area contributed by atoms with Crippen molar-refractivity contribution >= 4 is 6.08 Å². The molecular formula is C23H25NO3. The Kier molecular flexibility index (Phi) is 7.04. The molecule has 27 heavy (non-hydrogen) atoms. The van der Waals surface area contributed by atoms with E-state index in [1.54, 1.807) is 7.11 Å². The van der Waals surface area contributed by atoms with Gasteiger partial charge in [0.25, 0.3) is 0 Å². The quantitative estimate of drug-likeness (QED) is 0.712. The van der Waals surface area contributed by atoms with Crippen molar-refractivity contribution in [1.29, 1.82) is 5.26 Å². The van der Waals surface area contributed by atoms with Gasteiger partial charge in [0.05, 0.1) is 44.5 Å². The second-order valence-corrected chi connectivity index (χ2v) is 6.62. The van der Waals surface area contributed by atoms with Gasteiger partial charge in [-0.25, -0.2) is 0 Å². The summed E-state index contributed by atoms with van der Waals surface area (Å²) in [7, 11) is 1.65. The predicted molar refractivity (Wildman–Crippen MR) is 105 cm³/mol. The summed E-state index contributed by atoms with van der Waals surface area (Å²) in [6.07, 6.45) is 6.02. The number of benzene rings is 2. The van der Waals surface area contributed by atoms with Crippen molar-refractivity contribution in [2.75, 3.05) is 7.11 Å². The third-order valence-corrected chi connectivity index (χ3v) is 4.72. The zero-order chi connectivity index (χ0) is 18.9. The Hall–Kier alpha value is -2.61. The molecule has 3 rings (SSSR count). The average molecular weight is 363 g/mol. The van der Waals surface area contributed by atoms with Crippen LogP contribution < -0.4 is 4.74 Å². The van der Waals surface area contributed by atoms with Crippen LogP contribution in [0.3, 0.4) is 0 Å². The monoisotopic (exact) mass is 363 g/mol. The maximum atomic E-state index is 9.16. The number of rotatable bonds is 7. The number of nitrogens with zero attached hydrogens (tertiary/aromatic N) is 1. The molecule has 1 aliphatic rings. The van der Waals surface area contributed by atoms with Crippen LogP contribution in [0.1, 0.15) is 30.4 Å². The highest BCUT2D eigenvalue weighted by molar-refractivity contribution is 5.49. The molecule has 1 heterocycles. The fourth-order valence-corrected chi connectivity index (χ4v) is 3.20. The molecule has 4 nitrogen and oxygen atoms in total. The maximum Gasteiger partial charge on any atom is 0.118 e. The van der Waals surface area contributed by atoms with Crippen molar-refractivity contribution in [1.82, 2.24) is 0 Å². The summed E-state index contributed by atoms with van der Waals surface area (Å²) in [5.74, 6) is 0.829. The molecule has 0 amide bonds. The lowest BCUT2D eigenvalue weighted by Crippen LogP contribution is -2.39. The molecule has 0 aromatic heterocycles. The highest BCUT2D eigenvalue weighted by Gasteiger charge is 2.30. The van der Waals surface area contributed by atoms with Gasteiger partial charge in [0.1, 0.15) is 5.75 Å². The molecular weight excluding hydrogens is 338 g/mol. The minimum atomic E-state index is -0.201. The number of hydrogen-bond acceptors (Lipinski definition) is 4. The molecule has 3 atom stereocenters. The van der Waals surface area contributed by atoms with Crippen molar-refractivity contribution in [3.05, 3.63) is 71.8 Å². The Bertz CT molecular complexity index is 764. The maximum absolute atomic E-state index is 9.16. The number of hydrogen-bond donors (Lipinski definition) is 0. The first-order valence-electron chi connectivity index (χ1n) is 9.28. The van der Waals surface area contributed by atoms with E-state index >= 15 is 0 Å². The summed E-state index contributed by atoms with van der Waals surface area (Å²) < 4.78 is 17.4. The Balaban J connectivity index is 1.55. The van der Waals surface area contributed by atoms with E-state index in [9.17, 15) is 0 Å². The van der Waals surface area contributed by atoms with Gasteiger partial charge in [-0.3, -0.25) is 0 Å². The number of methoxy groups -OCH3 is 1. The topological polar surface area (TPSA) is 51.5 Å². The van der Waals surface area contributed by atoms with Crippen molar-refractivity contribution in [2.45, 2.75) is 44.2 Å². The van der Waals surface area contributed by atoms with Crippen LogP contribution in [0.25, 0.3) is 6.08 Å². The van der Waals surface area contributed by atoms with Crippen LogP contribution in [-0.2, 0) is 16.1 Å². The Morgan fingerprint density at radius 2 is 1.89 bits per heavy atom. The predicted octanol–water partition coefficient (Wildman–Crippen LogP) is 4.76. The van der Waals surface area contributed by atoms with Crippen molar-refractivity contribution < 1.29 is 14.2 Å². The second kappa shape index (κ2) is 9.91. The van der Waals surface area contributed by atoms with Gasteiger partial charge in [0.2, 0.25) is 0 Å². The Labute approximate surface area is 161 Å². The Morgan fingerprint density at radius 1 is 1.11 bits per heavy atom. The molecule has 140 valence electrons. The lowest BCUT2D eigenvalue weighted by Gasteiger charge is -2.34. The molecule has 1 fully saturated rings. The van der Waals surface area contributed by atoms with Gasteiger partial charge >= 0.3 is 0 Å². The van der Waals surface area contributed by atoms with Crippen molar-refractivity contribution in [3.63, 3.8) is 0 Å². The first-order chi connectivity index (χ1) is 13.3. The molecule has 0 bridgehead atoms. The van der Waals surface area contributed by atoms with Crippen LogP contribution in [-0.4, -0.2) is 25.4 Å². The fraction of sp³-hybridized carbons (Fsp3) is 0.348. The van der Waals surface area contributed by atoms with Crippen LogP contribution >= 0.6 is 0 Å². The van der Waals surface area contributed by atoms with Crippen LogP contribution in [0.2, 0.25) is 0 Å². The number of ether oxygens (including phenoxy) is 3. The fourth-order valence-electron chi connectivity index (χ4n) is 3.20. The number of nitriles is 1. The van der Waals surface area contributed by atoms with E-state index in [4.69, 9.17) is 19.5 Å². The zero-order valence-corrected chi connectivity index (χ0v) is 15.6. The summed E-state index contributed by atoms with van der Waals surface area (Å²) in [6.45, 7) is 0.504. The summed E-state index contributed by atoms with van der Waals surface area (Å²) in [5.41, 5.74) is 2.23. The molecule has 0 radical (unpaired) electrons. The van der Waals surface area contributed by atoms with E-state index in [2.05, 4.69) is 30.4 Å². The second-order valence-electron chi connectivity index (χ2n) is 6.62. The van der Waals surface area contributed by atoms with Crippen LogP contribution in [0.5, 0.6) is 5.75 Å². The lowest BCUT2D eigenvalue weighted by atomic mass is 9.98. The summed E-state index contributed by atoms with van der Waals surface area (Å²) in [4.78, 5) is 0. The molecule has 2 aromatic rings. The zero-order valence-electron chi connectivity index (χ0n) is 15.6. The third-order valence-electron chi connectivity index (χ3n) is 4.72. The smallest absolute Gasteiger partial charge is 0.118 e. The van der Waals surface area contributed by atoms with Crippen molar-refractivity contribution in [3.8, 4) is 11.8 Å². The van der Waals surface area contributed by atoms with Crippen LogP contribution in [0.15, 0.2) is 60.7 Å². The van der Waals surface area contributed by atoms with E-state index in [0.29, 0.717) is 13.0 Å². The molecule has 2 aromatic carbocycles. The molecule has 1 saturated heterocycles. The van der Waals surface area contributed by atoms with E-state index in [1.165, 1.54) is 0 Å². The molecule has 0 spiro atoms. The largest absolute Gasteiger partial charge is 0.497 e. The summed E-state index contributed by atoms with van der Waals surface area (Å²) in [5, 5.41) is 9.16. The lowest BCUT2D eigenvalue weighted by molar-refractivity contribution is -0.128. The minimum Gasteiger partial charge on any atom is -0.497 e. The standard InChI is InChI=1S/C23H25NO3/c1-25-20-10-8-19(9-11-20)17-26-22-14-13-21(27-23(22)15-16-24)12-7-18-5-3-2-4-6-18/h2-12,21-23H,13-15,17H2,1H3/b12-7+/t21-,22-,23+/m0/s1. The summed E-state index contributed by atoms with van der Waals surface area (Å²) >= 11 is 0. The molecule has 1 aliphatic heterocycles. The van der Waals surface area contributed by atoms with Gasteiger partial charge in [-0.05, 0) is 36.1 Å². The highest BCUT2D eigenvalue weighted by Crippen LogP contribution is 2.26. The van der Waals surface area contributed by atoms with E-state index in [-0.39, 0.29) is 18.3 Å². The molecule has 4 heteroatoms. The minimum absolute atomic E-state index is 0.0180.